The summed E-state index contributed by atoms with van der Waals surface area (Å²) >= 11 is 9.49. The van der Waals surface area contributed by atoms with Crippen LogP contribution >= 0.6 is 27.5 Å². The second kappa shape index (κ2) is 5.90. The van der Waals surface area contributed by atoms with E-state index in [0.29, 0.717) is 10.8 Å². The van der Waals surface area contributed by atoms with Crippen molar-refractivity contribution in [2.75, 3.05) is 26.4 Å². The highest BCUT2D eigenvalue weighted by atomic mass is 79.9. The molecule has 0 spiro atoms. The Kier molecular flexibility index (Phi) is 4.44. The predicted octanol–water partition coefficient (Wildman–Crippen LogP) is 2.50. The topological polar surface area (TPSA) is 60.0 Å². The van der Waals surface area contributed by atoms with E-state index in [0.717, 1.165) is 28.8 Å². The van der Waals surface area contributed by atoms with E-state index >= 15 is 0 Å². The van der Waals surface area contributed by atoms with Gasteiger partial charge in [0.2, 0.25) is 0 Å². The maximum absolute atomic E-state index is 5.99. The van der Waals surface area contributed by atoms with Crippen LogP contribution in [0.15, 0.2) is 22.9 Å². The number of anilines is 1. The standard InChI is InChI=1S/C12H15BrClN5/c1-18(2)3-4-19-11(10(13)7-17-19)9-5-8(14)6-16-12(9)15/h5-7H,3-4H2,1-2H3,(H2,15,16). The monoisotopic (exact) mass is 343 g/mol. The molecule has 2 N–H and O–H groups in total. The molecule has 2 heterocycles. The van der Waals surface area contributed by atoms with Crippen molar-refractivity contribution in [1.82, 2.24) is 19.7 Å². The Morgan fingerprint density at radius 1 is 1.42 bits per heavy atom. The number of nitrogens with zero attached hydrogens (tertiary/aromatic N) is 4. The van der Waals surface area contributed by atoms with E-state index in [1.165, 1.54) is 6.20 Å². The Hall–Kier alpha value is -1.11. The van der Waals surface area contributed by atoms with Crippen molar-refractivity contribution in [3.63, 3.8) is 0 Å². The lowest BCUT2D eigenvalue weighted by molar-refractivity contribution is 0.374. The van der Waals surface area contributed by atoms with Gasteiger partial charge < -0.3 is 10.6 Å². The van der Waals surface area contributed by atoms with Crippen LogP contribution in [0.2, 0.25) is 5.02 Å². The van der Waals surface area contributed by atoms with Crippen molar-refractivity contribution in [1.29, 1.82) is 0 Å². The first-order chi connectivity index (χ1) is 8.99. The van der Waals surface area contributed by atoms with Gasteiger partial charge in [0.05, 0.1) is 27.9 Å². The molecule has 0 radical (unpaired) electrons. The van der Waals surface area contributed by atoms with Crippen LogP contribution < -0.4 is 5.73 Å². The van der Waals surface area contributed by atoms with Crippen molar-refractivity contribution in [2.45, 2.75) is 6.54 Å². The molecule has 0 amide bonds. The highest BCUT2D eigenvalue weighted by Crippen LogP contribution is 2.32. The van der Waals surface area contributed by atoms with Crippen LogP contribution in [0.5, 0.6) is 0 Å². The normalized spacial score (nSPS) is 11.2. The summed E-state index contributed by atoms with van der Waals surface area (Å²) < 4.78 is 2.77. The van der Waals surface area contributed by atoms with Gasteiger partial charge in [0.25, 0.3) is 0 Å². The highest BCUT2D eigenvalue weighted by molar-refractivity contribution is 9.10. The van der Waals surface area contributed by atoms with Crippen LogP contribution in [0.4, 0.5) is 5.82 Å². The van der Waals surface area contributed by atoms with Gasteiger partial charge in [0.15, 0.2) is 0 Å². The maximum Gasteiger partial charge on any atom is 0.132 e. The number of hydrogen-bond acceptors (Lipinski definition) is 4. The lowest BCUT2D eigenvalue weighted by Gasteiger charge is -2.13. The second-order valence-corrected chi connectivity index (χ2v) is 5.74. The quantitative estimate of drug-likeness (QED) is 0.926. The van der Waals surface area contributed by atoms with Crippen LogP contribution in [-0.4, -0.2) is 40.3 Å². The Bertz CT molecular complexity index is 581. The molecule has 0 aromatic carbocycles. The van der Waals surface area contributed by atoms with Crippen LogP contribution in [0.3, 0.4) is 0 Å². The summed E-state index contributed by atoms with van der Waals surface area (Å²) in [6.45, 7) is 1.65. The van der Waals surface area contributed by atoms with E-state index in [1.54, 1.807) is 12.3 Å². The molecule has 0 aliphatic heterocycles. The van der Waals surface area contributed by atoms with Gasteiger partial charge in [-0.3, -0.25) is 4.68 Å². The molecule has 7 heteroatoms. The van der Waals surface area contributed by atoms with Crippen LogP contribution in [0.25, 0.3) is 11.3 Å². The average Bonchev–Trinajstić information content (AvgIpc) is 2.71. The summed E-state index contributed by atoms with van der Waals surface area (Å²) in [5.41, 5.74) is 7.62. The highest BCUT2D eigenvalue weighted by Gasteiger charge is 2.15. The molecule has 2 aromatic heterocycles. The summed E-state index contributed by atoms with van der Waals surface area (Å²) in [5, 5.41) is 4.90. The molecule has 5 nitrogen and oxygen atoms in total. The van der Waals surface area contributed by atoms with Gasteiger partial charge in [-0.2, -0.15) is 5.10 Å². The Labute approximate surface area is 125 Å². The van der Waals surface area contributed by atoms with Gasteiger partial charge in [-0.25, -0.2) is 4.98 Å². The average molecular weight is 345 g/mol. The summed E-state index contributed by atoms with van der Waals surface area (Å²) in [6.07, 6.45) is 3.29. The molecule has 0 atom stereocenters. The Morgan fingerprint density at radius 3 is 2.84 bits per heavy atom. The van der Waals surface area contributed by atoms with Gasteiger partial charge >= 0.3 is 0 Å². The zero-order chi connectivity index (χ0) is 14.0. The zero-order valence-corrected chi connectivity index (χ0v) is 13.1. The third kappa shape index (κ3) is 3.26. The van der Waals surface area contributed by atoms with Gasteiger partial charge in [-0.1, -0.05) is 11.6 Å². The molecule has 0 saturated heterocycles. The smallest absolute Gasteiger partial charge is 0.132 e. The molecule has 2 rings (SSSR count). The molecule has 0 unspecified atom stereocenters. The summed E-state index contributed by atoms with van der Waals surface area (Å²) in [6, 6.07) is 1.80. The third-order valence-corrected chi connectivity index (χ3v) is 3.48. The Balaban J connectivity index is 2.43. The number of likely N-dealkylation sites (N-methyl/N-ethyl adjacent to an activating group) is 1. The number of nitrogens with two attached hydrogens (primary N) is 1. The van der Waals surface area contributed by atoms with Crippen molar-refractivity contribution < 1.29 is 0 Å². The molecule has 0 saturated carbocycles. The van der Waals surface area contributed by atoms with E-state index in [4.69, 9.17) is 17.3 Å². The van der Waals surface area contributed by atoms with Gasteiger partial charge in [0, 0.05) is 18.3 Å². The number of pyridine rings is 1. The van der Waals surface area contributed by atoms with Gasteiger partial charge in [-0.15, -0.1) is 0 Å². The van der Waals surface area contributed by atoms with E-state index < -0.39 is 0 Å². The van der Waals surface area contributed by atoms with Gasteiger partial charge in [0.1, 0.15) is 5.82 Å². The first-order valence-electron chi connectivity index (χ1n) is 5.76. The zero-order valence-electron chi connectivity index (χ0n) is 10.8. The predicted molar refractivity (Wildman–Crippen MR) is 81.1 cm³/mol. The lowest BCUT2D eigenvalue weighted by atomic mass is 10.2. The fraction of sp³-hybridized carbons (Fsp3) is 0.333. The molecule has 0 aliphatic carbocycles. The van der Waals surface area contributed by atoms with Crippen molar-refractivity contribution >= 4 is 33.3 Å². The fourth-order valence-electron chi connectivity index (χ4n) is 1.73. The second-order valence-electron chi connectivity index (χ2n) is 4.45. The molecule has 0 fully saturated rings. The summed E-state index contributed by atoms with van der Waals surface area (Å²) in [7, 11) is 4.04. The first-order valence-corrected chi connectivity index (χ1v) is 6.93. The molecule has 2 aromatic rings. The first kappa shape index (κ1) is 14.3. The maximum atomic E-state index is 5.99. The molecular weight excluding hydrogens is 330 g/mol. The largest absolute Gasteiger partial charge is 0.383 e. The van der Waals surface area contributed by atoms with E-state index in [1.807, 2.05) is 18.8 Å². The van der Waals surface area contributed by atoms with E-state index in [2.05, 4.69) is 30.9 Å². The van der Waals surface area contributed by atoms with Crippen LogP contribution in [-0.2, 0) is 6.54 Å². The third-order valence-electron chi connectivity index (χ3n) is 2.69. The minimum absolute atomic E-state index is 0.441. The van der Waals surface area contributed by atoms with Crippen molar-refractivity contribution in [3.8, 4) is 11.3 Å². The molecule has 102 valence electrons. The van der Waals surface area contributed by atoms with Crippen molar-refractivity contribution in [2.24, 2.45) is 0 Å². The Morgan fingerprint density at radius 2 is 2.16 bits per heavy atom. The van der Waals surface area contributed by atoms with E-state index in [9.17, 15) is 0 Å². The van der Waals surface area contributed by atoms with Crippen molar-refractivity contribution in [3.05, 3.63) is 28.0 Å². The summed E-state index contributed by atoms with van der Waals surface area (Å²) in [5.74, 6) is 0.441. The number of nitrogen functional groups attached to an aromatic ring is 1. The summed E-state index contributed by atoms with van der Waals surface area (Å²) in [4.78, 5) is 6.18. The van der Waals surface area contributed by atoms with E-state index in [-0.39, 0.29) is 0 Å². The number of halogens is 2. The van der Waals surface area contributed by atoms with Crippen LogP contribution in [0, 0.1) is 0 Å². The number of hydrogen-bond donors (Lipinski definition) is 1. The fourth-order valence-corrected chi connectivity index (χ4v) is 2.40. The molecule has 0 aliphatic rings. The molecule has 0 bridgehead atoms. The SMILES string of the molecule is CN(C)CCn1ncc(Br)c1-c1cc(Cl)cnc1N. The van der Waals surface area contributed by atoms with Crippen LogP contribution in [0.1, 0.15) is 0 Å². The minimum Gasteiger partial charge on any atom is -0.383 e. The number of aromatic nitrogens is 3. The lowest BCUT2D eigenvalue weighted by Crippen LogP contribution is -2.19. The number of rotatable bonds is 4. The van der Waals surface area contributed by atoms with Gasteiger partial charge in [-0.05, 0) is 36.1 Å². The molecular formula is C12H15BrClN5. The minimum atomic E-state index is 0.441. The molecule has 19 heavy (non-hydrogen) atoms.